The van der Waals surface area contributed by atoms with Crippen molar-refractivity contribution in [3.63, 3.8) is 0 Å². The quantitative estimate of drug-likeness (QED) is 0.264. The van der Waals surface area contributed by atoms with Crippen molar-refractivity contribution in [1.29, 1.82) is 0 Å². The summed E-state index contributed by atoms with van der Waals surface area (Å²) in [5, 5.41) is 35.3. The van der Waals surface area contributed by atoms with Gasteiger partial charge in [0.05, 0.1) is 0 Å². The molecule has 9 heteroatoms. The molecule has 116 valence electrons. The average molecular weight is 307 g/mol. The van der Waals surface area contributed by atoms with Crippen LogP contribution in [0.25, 0.3) is 11.0 Å². The number of hydrogen-bond acceptors (Lipinski definition) is 6. The van der Waals surface area contributed by atoms with Gasteiger partial charge in [-0.05, 0) is 0 Å². The standard InChI is InChI=1S/C13H13N3O6/c1-8(16(20)21)13(22-9(2)17)12-7-14(18)10-5-3-4-6-11(10)15(12)19/h3-8,13H,1-2H3. The maximum absolute atomic E-state index is 12.4. The number of esters is 1. The molecule has 22 heavy (non-hydrogen) atoms. The highest BCUT2D eigenvalue weighted by molar-refractivity contribution is 5.67. The maximum Gasteiger partial charge on any atom is 0.307 e. The lowest BCUT2D eigenvalue weighted by Crippen LogP contribution is -2.45. The first kappa shape index (κ1) is 15.4. The lowest BCUT2D eigenvalue weighted by molar-refractivity contribution is -0.642. The molecule has 1 heterocycles. The third-order valence-corrected chi connectivity index (χ3v) is 3.18. The Labute approximate surface area is 124 Å². The van der Waals surface area contributed by atoms with Crippen LogP contribution in [0.1, 0.15) is 25.6 Å². The number of fused-ring (bicyclic) bond motifs is 1. The van der Waals surface area contributed by atoms with Crippen LogP contribution in [0.3, 0.4) is 0 Å². The Hall–Kier alpha value is -2.97. The molecule has 9 nitrogen and oxygen atoms in total. The van der Waals surface area contributed by atoms with Crippen LogP contribution < -0.4 is 9.46 Å². The van der Waals surface area contributed by atoms with Gasteiger partial charge < -0.3 is 15.2 Å². The van der Waals surface area contributed by atoms with Crippen molar-refractivity contribution in [2.45, 2.75) is 26.0 Å². The minimum atomic E-state index is -1.46. The number of nitro groups is 1. The predicted molar refractivity (Wildman–Crippen MR) is 72.8 cm³/mol. The molecule has 2 aromatic rings. The van der Waals surface area contributed by atoms with Gasteiger partial charge in [-0.3, -0.25) is 14.9 Å². The highest BCUT2D eigenvalue weighted by atomic mass is 16.6. The number of hydrogen-bond donors (Lipinski definition) is 0. The van der Waals surface area contributed by atoms with E-state index in [4.69, 9.17) is 4.74 Å². The first-order valence-corrected chi connectivity index (χ1v) is 6.38. The molecule has 0 bridgehead atoms. The summed E-state index contributed by atoms with van der Waals surface area (Å²) in [5.41, 5.74) is -0.160. The highest BCUT2D eigenvalue weighted by Crippen LogP contribution is 2.21. The Morgan fingerprint density at radius 2 is 1.86 bits per heavy atom. The number of ether oxygens (including phenoxy) is 1. The summed E-state index contributed by atoms with van der Waals surface area (Å²) in [6, 6.07) is 4.60. The second-order valence-electron chi connectivity index (χ2n) is 4.72. The summed E-state index contributed by atoms with van der Waals surface area (Å²) in [6.07, 6.45) is -0.571. The van der Waals surface area contributed by atoms with Gasteiger partial charge in [-0.25, -0.2) is 0 Å². The Morgan fingerprint density at radius 3 is 2.41 bits per heavy atom. The fraction of sp³-hybridized carbons (Fsp3) is 0.308. The first-order valence-electron chi connectivity index (χ1n) is 6.38. The molecule has 2 atom stereocenters. The summed E-state index contributed by atoms with van der Waals surface area (Å²) < 4.78 is 5.68. The SMILES string of the molecule is CC(=O)OC(c1c[n+]([O-])c2ccccc2[n+]1[O-])C(C)[N+](=O)[O-]. The number of carbonyl (C=O) groups is 1. The van der Waals surface area contributed by atoms with E-state index in [1.54, 1.807) is 12.1 Å². The van der Waals surface area contributed by atoms with E-state index >= 15 is 0 Å². The van der Waals surface area contributed by atoms with Crippen LogP contribution in [0.2, 0.25) is 0 Å². The van der Waals surface area contributed by atoms with Crippen LogP contribution in [0, 0.1) is 20.5 Å². The maximum atomic E-state index is 12.4. The minimum Gasteiger partial charge on any atom is -0.618 e. The second kappa shape index (κ2) is 5.80. The van der Waals surface area contributed by atoms with Crippen molar-refractivity contribution in [1.82, 2.24) is 0 Å². The molecule has 0 spiro atoms. The van der Waals surface area contributed by atoms with Crippen LogP contribution >= 0.6 is 0 Å². The average Bonchev–Trinajstić information content (AvgIpc) is 2.48. The third-order valence-electron chi connectivity index (χ3n) is 3.18. The summed E-state index contributed by atoms with van der Waals surface area (Å²) in [6.45, 7) is 2.26. The zero-order chi connectivity index (χ0) is 16.4. The van der Waals surface area contributed by atoms with Gasteiger partial charge in [-0.1, -0.05) is 12.1 Å². The Balaban J connectivity index is 2.65. The number of nitrogens with zero attached hydrogens (tertiary/aromatic N) is 3. The van der Waals surface area contributed by atoms with Crippen LogP contribution in [0.4, 0.5) is 0 Å². The topological polar surface area (TPSA) is 123 Å². The number of rotatable bonds is 4. The van der Waals surface area contributed by atoms with E-state index < -0.39 is 23.0 Å². The summed E-state index contributed by atoms with van der Waals surface area (Å²) in [4.78, 5) is 21.5. The fourth-order valence-electron chi connectivity index (χ4n) is 2.09. The lowest BCUT2D eigenvalue weighted by Gasteiger charge is -2.17. The van der Waals surface area contributed by atoms with Gasteiger partial charge in [0.2, 0.25) is 0 Å². The molecular formula is C13H13N3O6. The van der Waals surface area contributed by atoms with Gasteiger partial charge in [0.25, 0.3) is 29.4 Å². The molecule has 1 aromatic carbocycles. The van der Waals surface area contributed by atoms with Crippen molar-refractivity contribution in [3.05, 3.63) is 56.7 Å². The normalized spacial score (nSPS) is 13.5. The fourth-order valence-corrected chi connectivity index (χ4v) is 2.09. The van der Waals surface area contributed by atoms with E-state index in [-0.39, 0.29) is 16.7 Å². The van der Waals surface area contributed by atoms with E-state index in [0.717, 1.165) is 13.1 Å². The molecule has 1 aromatic heterocycles. The molecule has 0 aliphatic carbocycles. The Morgan fingerprint density at radius 1 is 1.27 bits per heavy atom. The summed E-state index contributed by atoms with van der Waals surface area (Å²) in [7, 11) is 0. The van der Waals surface area contributed by atoms with Gasteiger partial charge in [0.1, 0.15) is 0 Å². The van der Waals surface area contributed by atoms with E-state index in [1.165, 1.54) is 19.1 Å². The molecule has 0 aliphatic rings. The monoisotopic (exact) mass is 307 g/mol. The first-order chi connectivity index (χ1) is 10.3. The molecule has 0 fully saturated rings. The number of carbonyl (C=O) groups excluding carboxylic acids is 1. The van der Waals surface area contributed by atoms with Crippen molar-refractivity contribution in [2.75, 3.05) is 0 Å². The van der Waals surface area contributed by atoms with Crippen molar-refractivity contribution in [3.8, 4) is 0 Å². The molecule has 2 unspecified atom stereocenters. The van der Waals surface area contributed by atoms with Gasteiger partial charge in [0, 0.05) is 30.9 Å². The van der Waals surface area contributed by atoms with Crippen LogP contribution in [0.15, 0.2) is 30.5 Å². The largest absolute Gasteiger partial charge is 0.618 e. The van der Waals surface area contributed by atoms with Gasteiger partial charge in [0.15, 0.2) is 0 Å². The highest BCUT2D eigenvalue weighted by Gasteiger charge is 2.40. The van der Waals surface area contributed by atoms with E-state index in [1.807, 2.05) is 0 Å². The van der Waals surface area contributed by atoms with Gasteiger partial charge >= 0.3 is 11.7 Å². The Kier molecular flexibility index (Phi) is 4.06. The predicted octanol–water partition coefficient (Wildman–Crippen LogP) is 0.376. The van der Waals surface area contributed by atoms with E-state index in [0.29, 0.717) is 9.46 Å². The third kappa shape index (κ3) is 2.73. The summed E-state index contributed by atoms with van der Waals surface area (Å²) >= 11 is 0. The van der Waals surface area contributed by atoms with Crippen LogP contribution in [-0.4, -0.2) is 16.9 Å². The van der Waals surface area contributed by atoms with Crippen molar-refractivity contribution in [2.24, 2.45) is 0 Å². The van der Waals surface area contributed by atoms with Crippen LogP contribution in [0.5, 0.6) is 0 Å². The smallest absolute Gasteiger partial charge is 0.307 e. The summed E-state index contributed by atoms with van der Waals surface area (Å²) in [5.74, 6) is -0.788. The van der Waals surface area contributed by atoms with Gasteiger partial charge in [-0.15, -0.1) is 0 Å². The lowest BCUT2D eigenvalue weighted by atomic mass is 10.1. The number of para-hydroxylation sites is 2. The van der Waals surface area contributed by atoms with Crippen molar-refractivity contribution < 1.29 is 23.9 Å². The molecule has 0 amide bonds. The molecule has 0 N–H and O–H groups in total. The molecular weight excluding hydrogens is 294 g/mol. The molecule has 0 radical (unpaired) electrons. The van der Waals surface area contributed by atoms with Gasteiger partial charge in [-0.2, -0.15) is 9.46 Å². The number of aromatic nitrogens is 2. The molecule has 0 saturated heterocycles. The second-order valence-corrected chi connectivity index (χ2v) is 4.72. The minimum absolute atomic E-state index is 0.0303. The molecule has 2 rings (SSSR count). The molecule has 0 saturated carbocycles. The Bertz CT molecular complexity index is 748. The zero-order valence-electron chi connectivity index (χ0n) is 11.8. The molecule has 0 aliphatic heterocycles. The van der Waals surface area contributed by atoms with Crippen LogP contribution in [-0.2, 0) is 9.53 Å². The number of benzene rings is 1. The zero-order valence-corrected chi connectivity index (χ0v) is 11.8. The van der Waals surface area contributed by atoms with Crippen molar-refractivity contribution >= 4 is 17.0 Å². The van der Waals surface area contributed by atoms with E-state index in [2.05, 4.69) is 0 Å². The van der Waals surface area contributed by atoms with E-state index in [9.17, 15) is 25.3 Å².